The number of halogens is 1. The van der Waals surface area contributed by atoms with Crippen LogP contribution in [0.15, 0.2) is 53.0 Å². The van der Waals surface area contributed by atoms with Crippen LogP contribution in [0.5, 0.6) is 5.75 Å². The maximum atomic E-state index is 5.96. The second-order valence-corrected chi connectivity index (χ2v) is 5.53. The molecule has 4 heteroatoms. The zero-order valence-corrected chi connectivity index (χ0v) is 12.9. The molecule has 0 aliphatic heterocycles. The fourth-order valence-corrected chi connectivity index (χ4v) is 2.30. The quantitative estimate of drug-likeness (QED) is 0.849. The van der Waals surface area contributed by atoms with Crippen molar-refractivity contribution in [2.75, 3.05) is 0 Å². The lowest BCUT2D eigenvalue weighted by Crippen LogP contribution is -2.13. The Kier molecular flexibility index (Phi) is 4.56. The Balaban J connectivity index is 2.26. The lowest BCUT2D eigenvalue weighted by molar-refractivity contribution is 0.226. The lowest BCUT2D eigenvalue weighted by Gasteiger charge is -2.17. The number of rotatable bonds is 4. The number of hydrogen-bond donors (Lipinski definition) is 1. The standard InChI is InChI=1S/C15H14BrNOS/c1-10(11-5-3-2-4-6-11)18-14-8-7-12(16)9-13(14)15(17)19/h2-10H,1H3,(H2,17,19). The molecule has 98 valence electrons. The molecule has 0 radical (unpaired) electrons. The molecule has 0 heterocycles. The summed E-state index contributed by atoms with van der Waals surface area (Å²) in [6.07, 6.45) is -0.0597. The first-order valence-corrected chi connectivity index (χ1v) is 7.09. The molecule has 0 aliphatic rings. The summed E-state index contributed by atoms with van der Waals surface area (Å²) >= 11 is 8.46. The molecule has 0 saturated carbocycles. The van der Waals surface area contributed by atoms with Crippen LogP contribution in [0.3, 0.4) is 0 Å². The molecule has 0 spiro atoms. The minimum absolute atomic E-state index is 0.0597. The van der Waals surface area contributed by atoms with Gasteiger partial charge in [0.25, 0.3) is 0 Å². The molecule has 1 unspecified atom stereocenters. The van der Waals surface area contributed by atoms with E-state index >= 15 is 0 Å². The van der Waals surface area contributed by atoms with Gasteiger partial charge in [-0.25, -0.2) is 0 Å². The minimum Gasteiger partial charge on any atom is -0.485 e. The van der Waals surface area contributed by atoms with Gasteiger partial charge in [-0.15, -0.1) is 0 Å². The number of benzene rings is 2. The van der Waals surface area contributed by atoms with Gasteiger partial charge in [0, 0.05) is 4.47 Å². The van der Waals surface area contributed by atoms with Crippen molar-refractivity contribution in [1.29, 1.82) is 0 Å². The molecule has 2 aromatic carbocycles. The molecule has 0 amide bonds. The second kappa shape index (κ2) is 6.17. The average Bonchev–Trinajstić information content (AvgIpc) is 2.41. The number of hydrogen-bond acceptors (Lipinski definition) is 2. The number of ether oxygens (including phenoxy) is 1. The predicted octanol–water partition coefficient (Wildman–Crippen LogP) is 4.22. The summed E-state index contributed by atoms with van der Waals surface area (Å²) < 4.78 is 6.89. The predicted molar refractivity (Wildman–Crippen MR) is 85.5 cm³/mol. The second-order valence-electron chi connectivity index (χ2n) is 4.18. The Morgan fingerprint density at radius 3 is 2.53 bits per heavy atom. The third kappa shape index (κ3) is 3.55. The average molecular weight is 336 g/mol. The first kappa shape index (κ1) is 14.0. The van der Waals surface area contributed by atoms with Crippen LogP contribution < -0.4 is 10.5 Å². The maximum absolute atomic E-state index is 5.96. The van der Waals surface area contributed by atoms with E-state index in [4.69, 9.17) is 22.7 Å². The Bertz CT molecular complexity index is 586. The van der Waals surface area contributed by atoms with Crippen LogP contribution in [-0.2, 0) is 0 Å². The fourth-order valence-electron chi connectivity index (χ4n) is 1.78. The van der Waals surface area contributed by atoms with Crippen LogP contribution >= 0.6 is 28.1 Å². The highest BCUT2D eigenvalue weighted by Gasteiger charge is 2.12. The van der Waals surface area contributed by atoms with Crippen molar-refractivity contribution in [3.63, 3.8) is 0 Å². The first-order valence-electron chi connectivity index (χ1n) is 5.89. The van der Waals surface area contributed by atoms with Gasteiger partial charge in [0.05, 0.1) is 5.56 Å². The van der Waals surface area contributed by atoms with Gasteiger partial charge in [-0.3, -0.25) is 0 Å². The van der Waals surface area contributed by atoms with Crippen LogP contribution in [0, 0.1) is 0 Å². The van der Waals surface area contributed by atoms with E-state index in [-0.39, 0.29) is 6.10 Å². The lowest BCUT2D eigenvalue weighted by atomic mass is 10.1. The van der Waals surface area contributed by atoms with E-state index in [9.17, 15) is 0 Å². The molecule has 19 heavy (non-hydrogen) atoms. The van der Waals surface area contributed by atoms with Crippen LogP contribution in [-0.4, -0.2) is 4.99 Å². The topological polar surface area (TPSA) is 35.2 Å². The van der Waals surface area contributed by atoms with Gasteiger partial charge in [-0.1, -0.05) is 58.5 Å². The first-order chi connectivity index (χ1) is 9.08. The smallest absolute Gasteiger partial charge is 0.130 e. The van der Waals surface area contributed by atoms with Gasteiger partial charge in [0.2, 0.25) is 0 Å². The van der Waals surface area contributed by atoms with Gasteiger partial charge in [0.1, 0.15) is 16.8 Å². The molecule has 2 aromatic rings. The van der Waals surface area contributed by atoms with Crippen molar-refractivity contribution in [1.82, 2.24) is 0 Å². The Morgan fingerprint density at radius 2 is 1.89 bits per heavy atom. The van der Waals surface area contributed by atoms with Gasteiger partial charge >= 0.3 is 0 Å². The molecule has 1 atom stereocenters. The molecule has 0 saturated heterocycles. The van der Waals surface area contributed by atoms with Crippen molar-refractivity contribution >= 4 is 33.1 Å². The SMILES string of the molecule is CC(Oc1ccc(Br)cc1C(N)=S)c1ccccc1. The van der Waals surface area contributed by atoms with Crippen molar-refractivity contribution in [3.8, 4) is 5.75 Å². The molecular weight excluding hydrogens is 322 g/mol. The highest BCUT2D eigenvalue weighted by molar-refractivity contribution is 9.10. The summed E-state index contributed by atoms with van der Waals surface area (Å²) in [4.78, 5) is 0.330. The summed E-state index contributed by atoms with van der Waals surface area (Å²) in [5.74, 6) is 0.701. The van der Waals surface area contributed by atoms with E-state index in [2.05, 4.69) is 15.9 Å². The van der Waals surface area contributed by atoms with E-state index in [0.29, 0.717) is 10.7 Å². The van der Waals surface area contributed by atoms with E-state index in [1.165, 1.54) is 0 Å². The summed E-state index contributed by atoms with van der Waals surface area (Å²) in [5, 5.41) is 0. The van der Waals surface area contributed by atoms with Gasteiger partial charge < -0.3 is 10.5 Å². The van der Waals surface area contributed by atoms with Gasteiger partial charge in [-0.05, 0) is 30.7 Å². The molecule has 2 N–H and O–H groups in total. The van der Waals surface area contributed by atoms with Crippen LogP contribution in [0.2, 0.25) is 0 Å². The fraction of sp³-hybridized carbons (Fsp3) is 0.133. The van der Waals surface area contributed by atoms with E-state index in [0.717, 1.165) is 15.6 Å². The van der Waals surface area contributed by atoms with Crippen LogP contribution in [0.4, 0.5) is 0 Å². The third-order valence-corrected chi connectivity index (χ3v) is 3.49. The monoisotopic (exact) mass is 335 g/mol. The van der Waals surface area contributed by atoms with Crippen molar-refractivity contribution < 1.29 is 4.74 Å². The molecule has 0 fully saturated rings. The summed E-state index contributed by atoms with van der Waals surface area (Å²) in [5.41, 5.74) is 7.58. The molecule has 0 aliphatic carbocycles. The van der Waals surface area contributed by atoms with E-state index < -0.39 is 0 Å². The highest BCUT2D eigenvalue weighted by atomic mass is 79.9. The van der Waals surface area contributed by atoms with E-state index in [1.54, 1.807) is 0 Å². The Morgan fingerprint density at radius 1 is 1.21 bits per heavy atom. The summed E-state index contributed by atoms with van der Waals surface area (Å²) in [7, 11) is 0. The van der Waals surface area contributed by atoms with E-state index in [1.807, 2.05) is 55.5 Å². The van der Waals surface area contributed by atoms with Crippen molar-refractivity contribution in [2.45, 2.75) is 13.0 Å². The molecular formula is C15H14BrNOS. The Labute approximate surface area is 126 Å². The summed E-state index contributed by atoms with van der Waals surface area (Å²) in [6, 6.07) is 15.7. The third-order valence-electron chi connectivity index (χ3n) is 2.78. The van der Waals surface area contributed by atoms with Crippen molar-refractivity contribution in [2.24, 2.45) is 5.73 Å². The van der Waals surface area contributed by atoms with Gasteiger partial charge in [0.15, 0.2) is 0 Å². The number of nitrogens with two attached hydrogens (primary N) is 1. The van der Waals surface area contributed by atoms with Crippen LogP contribution in [0.1, 0.15) is 24.2 Å². The van der Waals surface area contributed by atoms with Crippen molar-refractivity contribution in [3.05, 3.63) is 64.1 Å². The number of thiocarbonyl (C=S) groups is 1. The largest absolute Gasteiger partial charge is 0.485 e. The highest BCUT2D eigenvalue weighted by Crippen LogP contribution is 2.27. The Hall–Kier alpha value is -1.39. The molecule has 0 bridgehead atoms. The maximum Gasteiger partial charge on any atom is 0.130 e. The zero-order chi connectivity index (χ0) is 13.8. The normalized spacial score (nSPS) is 11.9. The van der Waals surface area contributed by atoms with Gasteiger partial charge in [-0.2, -0.15) is 0 Å². The molecule has 2 nitrogen and oxygen atoms in total. The molecule has 2 rings (SSSR count). The van der Waals surface area contributed by atoms with Crippen LogP contribution in [0.25, 0.3) is 0 Å². The molecule has 0 aromatic heterocycles. The zero-order valence-electron chi connectivity index (χ0n) is 10.5. The summed E-state index contributed by atoms with van der Waals surface area (Å²) in [6.45, 7) is 2.00. The minimum atomic E-state index is -0.0597.